The van der Waals surface area contributed by atoms with E-state index in [0.717, 1.165) is 24.5 Å². The summed E-state index contributed by atoms with van der Waals surface area (Å²) in [5.74, 6) is -1.37. The van der Waals surface area contributed by atoms with Crippen LogP contribution < -0.4 is 15.1 Å². The minimum absolute atomic E-state index is 0.0784. The lowest BCUT2D eigenvalue weighted by Gasteiger charge is -2.21. The predicted octanol–water partition coefficient (Wildman–Crippen LogP) is 3.07. The number of ether oxygens (including phenoxy) is 1. The molecule has 0 bridgehead atoms. The fourth-order valence-electron chi connectivity index (χ4n) is 4.07. The maximum Gasteiger partial charge on any atom is 0.339 e. The van der Waals surface area contributed by atoms with Crippen molar-refractivity contribution >= 4 is 34.8 Å². The van der Waals surface area contributed by atoms with Crippen LogP contribution in [0.15, 0.2) is 48.5 Å². The molecule has 7 nitrogen and oxygen atoms in total. The van der Waals surface area contributed by atoms with E-state index in [1.165, 1.54) is 20.0 Å². The molecular formula is C23H25N3O4. The van der Waals surface area contributed by atoms with Crippen LogP contribution >= 0.6 is 0 Å². The van der Waals surface area contributed by atoms with Crippen molar-refractivity contribution < 1.29 is 19.1 Å². The SMILES string of the molecule is COC(=O)c1ccccc1NC(=O)C1CC(=O)N(c2ccc(N3CCCC3)cc2)C1. The van der Waals surface area contributed by atoms with Crippen molar-refractivity contribution in [3.8, 4) is 0 Å². The van der Waals surface area contributed by atoms with Crippen LogP contribution in [0.3, 0.4) is 0 Å². The number of para-hydroxylation sites is 1. The van der Waals surface area contributed by atoms with E-state index in [-0.39, 0.29) is 23.8 Å². The first kappa shape index (κ1) is 19.9. The summed E-state index contributed by atoms with van der Waals surface area (Å²) in [5.41, 5.74) is 2.63. The topological polar surface area (TPSA) is 78.9 Å². The van der Waals surface area contributed by atoms with Crippen LogP contribution in [0.2, 0.25) is 0 Å². The smallest absolute Gasteiger partial charge is 0.339 e. The van der Waals surface area contributed by atoms with Crippen molar-refractivity contribution in [3.05, 3.63) is 54.1 Å². The van der Waals surface area contributed by atoms with Crippen molar-refractivity contribution in [3.63, 3.8) is 0 Å². The van der Waals surface area contributed by atoms with E-state index in [4.69, 9.17) is 4.74 Å². The van der Waals surface area contributed by atoms with Gasteiger partial charge in [0.2, 0.25) is 11.8 Å². The molecule has 4 rings (SSSR count). The lowest BCUT2D eigenvalue weighted by Crippen LogP contribution is -2.28. The number of amides is 2. The highest BCUT2D eigenvalue weighted by Gasteiger charge is 2.35. The van der Waals surface area contributed by atoms with Crippen LogP contribution in [0, 0.1) is 5.92 Å². The highest BCUT2D eigenvalue weighted by Crippen LogP contribution is 2.29. The lowest BCUT2D eigenvalue weighted by molar-refractivity contribution is -0.122. The molecule has 2 aromatic carbocycles. The number of benzene rings is 2. The van der Waals surface area contributed by atoms with Gasteiger partial charge in [-0.2, -0.15) is 0 Å². The van der Waals surface area contributed by atoms with E-state index in [0.29, 0.717) is 12.2 Å². The summed E-state index contributed by atoms with van der Waals surface area (Å²) in [6.45, 7) is 2.45. The largest absolute Gasteiger partial charge is 0.465 e. The van der Waals surface area contributed by atoms with Gasteiger partial charge in [-0.05, 0) is 49.2 Å². The Labute approximate surface area is 175 Å². The minimum atomic E-state index is -0.520. The quantitative estimate of drug-likeness (QED) is 0.771. The van der Waals surface area contributed by atoms with Gasteiger partial charge in [0, 0.05) is 37.4 Å². The molecule has 0 aromatic heterocycles. The number of nitrogens with one attached hydrogen (secondary N) is 1. The van der Waals surface area contributed by atoms with Crippen LogP contribution in [0.25, 0.3) is 0 Å². The average molecular weight is 407 g/mol. The maximum atomic E-state index is 12.8. The maximum absolute atomic E-state index is 12.8. The number of hydrogen-bond acceptors (Lipinski definition) is 5. The van der Waals surface area contributed by atoms with Crippen molar-refractivity contribution in [2.24, 2.45) is 5.92 Å². The van der Waals surface area contributed by atoms with E-state index in [1.807, 2.05) is 24.3 Å². The average Bonchev–Trinajstić information content (AvgIpc) is 3.44. The first-order valence-corrected chi connectivity index (χ1v) is 10.2. The molecule has 2 aliphatic heterocycles. The van der Waals surface area contributed by atoms with Crippen LogP contribution in [-0.4, -0.2) is 44.5 Å². The third-order valence-corrected chi connectivity index (χ3v) is 5.72. The first-order valence-electron chi connectivity index (χ1n) is 10.2. The Balaban J connectivity index is 1.43. The molecule has 1 atom stereocenters. The molecule has 7 heteroatoms. The molecule has 2 fully saturated rings. The van der Waals surface area contributed by atoms with Gasteiger partial charge >= 0.3 is 5.97 Å². The Kier molecular flexibility index (Phi) is 5.70. The zero-order valence-corrected chi connectivity index (χ0v) is 17.0. The van der Waals surface area contributed by atoms with Crippen LogP contribution in [0.5, 0.6) is 0 Å². The van der Waals surface area contributed by atoms with Gasteiger partial charge in [0.1, 0.15) is 0 Å². The molecule has 0 saturated carbocycles. The zero-order valence-electron chi connectivity index (χ0n) is 17.0. The van der Waals surface area contributed by atoms with Crippen molar-refractivity contribution in [2.75, 3.05) is 41.9 Å². The minimum Gasteiger partial charge on any atom is -0.465 e. The summed E-state index contributed by atoms with van der Waals surface area (Å²) in [6, 6.07) is 14.6. The molecule has 156 valence electrons. The van der Waals surface area contributed by atoms with Crippen LogP contribution in [0.4, 0.5) is 17.1 Å². The van der Waals surface area contributed by atoms with E-state index < -0.39 is 11.9 Å². The standard InChI is InChI=1S/C23H25N3O4/c1-30-23(29)19-6-2-3-7-20(19)24-22(28)16-14-21(27)26(15-16)18-10-8-17(9-11-18)25-12-4-5-13-25/h2-3,6-11,16H,4-5,12-15H2,1H3,(H,24,28). The number of esters is 1. The zero-order chi connectivity index (χ0) is 21.1. The number of rotatable bonds is 5. The Hall–Kier alpha value is -3.35. The van der Waals surface area contributed by atoms with E-state index >= 15 is 0 Å². The predicted molar refractivity (Wildman–Crippen MR) is 115 cm³/mol. The third-order valence-electron chi connectivity index (χ3n) is 5.72. The van der Waals surface area contributed by atoms with Gasteiger partial charge in [-0.1, -0.05) is 12.1 Å². The molecule has 2 heterocycles. The summed E-state index contributed by atoms with van der Waals surface area (Å²) in [6.07, 6.45) is 2.56. The second kappa shape index (κ2) is 8.57. The number of nitrogens with zero attached hydrogens (tertiary/aromatic N) is 2. The van der Waals surface area contributed by atoms with Gasteiger partial charge in [-0.25, -0.2) is 4.79 Å². The molecular weight excluding hydrogens is 382 g/mol. The summed E-state index contributed by atoms with van der Waals surface area (Å²) in [4.78, 5) is 41.3. The molecule has 2 aliphatic rings. The summed E-state index contributed by atoms with van der Waals surface area (Å²) < 4.78 is 4.77. The number of methoxy groups -OCH3 is 1. The normalized spacial score (nSPS) is 18.6. The van der Waals surface area contributed by atoms with Gasteiger partial charge in [-0.3, -0.25) is 9.59 Å². The van der Waals surface area contributed by atoms with E-state index in [2.05, 4.69) is 10.2 Å². The second-order valence-corrected chi connectivity index (χ2v) is 7.64. The summed E-state index contributed by atoms with van der Waals surface area (Å²) in [5, 5.41) is 2.78. The lowest BCUT2D eigenvalue weighted by atomic mass is 10.1. The fourth-order valence-corrected chi connectivity index (χ4v) is 4.07. The highest BCUT2D eigenvalue weighted by molar-refractivity contribution is 6.06. The molecule has 2 saturated heterocycles. The molecule has 30 heavy (non-hydrogen) atoms. The fraction of sp³-hybridized carbons (Fsp3) is 0.348. The Morgan fingerprint density at radius 1 is 1.00 bits per heavy atom. The summed E-state index contributed by atoms with van der Waals surface area (Å²) >= 11 is 0. The number of carbonyl (C=O) groups is 3. The molecule has 2 aromatic rings. The Morgan fingerprint density at radius 2 is 1.67 bits per heavy atom. The number of hydrogen-bond donors (Lipinski definition) is 1. The molecule has 0 radical (unpaired) electrons. The van der Waals surface area contributed by atoms with E-state index in [1.54, 1.807) is 29.2 Å². The Bertz CT molecular complexity index is 951. The van der Waals surface area contributed by atoms with Gasteiger partial charge in [0.15, 0.2) is 0 Å². The third kappa shape index (κ3) is 4.01. The van der Waals surface area contributed by atoms with Crippen molar-refractivity contribution in [1.82, 2.24) is 0 Å². The molecule has 1 N–H and O–H groups in total. The number of carbonyl (C=O) groups excluding carboxylic acids is 3. The van der Waals surface area contributed by atoms with Crippen molar-refractivity contribution in [1.29, 1.82) is 0 Å². The molecule has 2 amide bonds. The monoisotopic (exact) mass is 407 g/mol. The van der Waals surface area contributed by atoms with Gasteiger partial charge in [-0.15, -0.1) is 0 Å². The van der Waals surface area contributed by atoms with Gasteiger partial charge < -0.3 is 19.9 Å². The molecule has 0 spiro atoms. The van der Waals surface area contributed by atoms with E-state index in [9.17, 15) is 14.4 Å². The van der Waals surface area contributed by atoms with Gasteiger partial charge in [0.05, 0.1) is 24.3 Å². The van der Waals surface area contributed by atoms with Crippen LogP contribution in [0.1, 0.15) is 29.6 Å². The number of anilines is 3. The molecule has 1 unspecified atom stereocenters. The summed E-state index contributed by atoms with van der Waals surface area (Å²) in [7, 11) is 1.30. The van der Waals surface area contributed by atoms with Crippen LogP contribution in [-0.2, 0) is 14.3 Å². The van der Waals surface area contributed by atoms with Gasteiger partial charge in [0.25, 0.3) is 0 Å². The highest BCUT2D eigenvalue weighted by atomic mass is 16.5. The van der Waals surface area contributed by atoms with Crippen molar-refractivity contribution in [2.45, 2.75) is 19.3 Å². The molecule has 0 aliphatic carbocycles. The second-order valence-electron chi connectivity index (χ2n) is 7.64. The Morgan fingerprint density at radius 3 is 2.37 bits per heavy atom. The first-order chi connectivity index (χ1) is 14.6.